The Hall–Kier alpha value is -3.10. The first-order valence-corrected chi connectivity index (χ1v) is 10.8. The fourth-order valence-electron chi connectivity index (χ4n) is 3.12. The van der Waals surface area contributed by atoms with Crippen molar-refractivity contribution < 1.29 is 23.5 Å². The molecule has 31 heavy (non-hydrogen) atoms. The van der Waals surface area contributed by atoms with Gasteiger partial charge in [0.2, 0.25) is 0 Å². The van der Waals surface area contributed by atoms with Crippen LogP contribution < -0.4 is 0 Å². The summed E-state index contributed by atoms with van der Waals surface area (Å²) >= 11 is 4.31. The summed E-state index contributed by atoms with van der Waals surface area (Å²) in [5, 5.41) is -0.338. The fraction of sp³-hybridized carbons (Fsp3) is 0.0870. The number of benzene rings is 2. The molecule has 2 aromatic carbocycles. The van der Waals surface area contributed by atoms with E-state index >= 15 is 0 Å². The first kappa shape index (κ1) is 21.1. The van der Waals surface area contributed by atoms with E-state index in [4.69, 9.17) is 9.15 Å². The number of rotatable bonds is 5. The maximum absolute atomic E-state index is 12.8. The van der Waals surface area contributed by atoms with E-state index in [2.05, 4.69) is 15.9 Å². The molecule has 8 heteroatoms. The maximum atomic E-state index is 12.8. The Morgan fingerprint density at radius 3 is 2.61 bits per heavy atom. The molecule has 1 fully saturated rings. The average Bonchev–Trinajstić information content (AvgIpc) is 3.35. The number of halogens is 1. The van der Waals surface area contributed by atoms with Gasteiger partial charge in [0.25, 0.3) is 11.1 Å². The average molecular weight is 498 g/mol. The summed E-state index contributed by atoms with van der Waals surface area (Å²) in [6.07, 6.45) is 1.54. The quantitative estimate of drug-likeness (QED) is 0.330. The molecule has 1 aliphatic rings. The third-order valence-corrected chi connectivity index (χ3v) is 6.34. The van der Waals surface area contributed by atoms with Gasteiger partial charge in [0.15, 0.2) is 0 Å². The van der Waals surface area contributed by atoms with Crippen LogP contribution in [0.15, 0.2) is 74.5 Å². The smallest absolute Gasteiger partial charge is 0.338 e. The zero-order valence-electron chi connectivity index (χ0n) is 16.3. The summed E-state index contributed by atoms with van der Waals surface area (Å²) in [6.45, 7) is 0.180. The number of thioether (sulfide) groups is 1. The second kappa shape index (κ2) is 8.95. The zero-order chi connectivity index (χ0) is 22.0. The van der Waals surface area contributed by atoms with Crippen LogP contribution in [0.4, 0.5) is 4.79 Å². The molecule has 0 atom stereocenters. The topological polar surface area (TPSA) is 76.8 Å². The molecule has 2 amide bonds. The van der Waals surface area contributed by atoms with Crippen molar-refractivity contribution in [2.24, 2.45) is 0 Å². The molecule has 0 N–H and O–H groups in total. The highest BCUT2D eigenvalue weighted by Crippen LogP contribution is 2.35. The van der Waals surface area contributed by atoms with E-state index in [-0.39, 0.29) is 22.6 Å². The minimum absolute atomic E-state index is 0.180. The van der Waals surface area contributed by atoms with Crippen molar-refractivity contribution in [2.45, 2.75) is 6.54 Å². The van der Waals surface area contributed by atoms with Crippen LogP contribution >= 0.6 is 27.7 Å². The van der Waals surface area contributed by atoms with Crippen LogP contribution in [0.3, 0.4) is 0 Å². The molecule has 0 radical (unpaired) electrons. The number of methoxy groups -OCH3 is 1. The molecule has 3 aromatic rings. The molecule has 1 aromatic heterocycles. The Labute approximate surface area is 191 Å². The van der Waals surface area contributed by atoms with Crippen molar-refractivity contribution in [3.05, 3.63) is 86.9 Å². The van der Waals surface area contributed by atoms with Gasteiger partial charge < -0.3 is 9.15 Å². The van der Waals surface area contributed by atoms with E-state index in [1.54, 1.807) is 36.4 Å². The van der Waals surface area contributed by atoms with E-state index in [1.165, 1.54) is 18.1 Å². The van der Waals surface area contributed by atoms with Crippen LogP contribution in [0.1, 0.15) is 21.7 Å². The van der Waals surface area contributed by atoms with Crippen molar-refractivity contribution in [3.8, 4) is 11.3 Å². The van der Waals surface area contributed by atoms with E-state index < -0.39 is 5.97 Å². The first-order valence-electron chi connectivity index (χ1n) is 9.24. The zero-order valence-corrected chi connectivity index (χ0v) is 18.7. The molecule has 6 nitrogen and oxygen atoms in total. The SMILES string of the molecule is COC(=O)c1ccccc1-c1ccc(/C=C2\SC(=O)N(Cc3ccccc3Br)C2=O)o1. The van der Waals surface area contributed by atoms with Crippen molar-refractivity contribution in [1.82, 2.24) is 4.90 Å². The summed E-state index contributed by atoms with van der Waals surface area (Å²) in [7, 11) is 1.32. The summed E-state index contributed by atoms with van der Waals surface area (Å²) in [4.78, 5) is 38.7. The van der Waals surface area contributed by atoms with Gasteiger partial charge in [0, 0.05) is 16.1 Å². The lowest BCUT2D eigenvalue weighted by Crippen LogP contribution is -2.27. The van der Waals surface area contributed by atoms with Gasteiger partial charge in [-0.2, -0.15) is 0 Å². The van der Waals surface area contributed by atoms with Crippen molar-refractivity contribution in [2.75, 3.05) is 7.11 Å². The molecule has 2 heterocycles. The van der Waals surface area contributed by atoms with Crippen LogP contribution in [0.2, 0.25) is 0 Å². The van der Waals surface area contributed by atoms with E-state index in [9.17, 15) is 14.4 Å². The first-order chi connectivity index (χ1) is 15.0. The molecule has 0 spiro atoms. The fourth-order valence-corrected chi connectivity index (χ4v) is 4.35. The molecular weight excluding hydrogens is 482 g/mol. The van der Waals surface area contributed by atoms with Crippen LogP contribution in [-0.4, -0.2) is 29.1 Å². The number of nitrogens with zero attached hydrogens (tertiary/aromatic N) is 1. The summed E-state index contributed by atoms with van der Waals surface area (Å²) in [5.74, 6) is 0.0150. The second-order valence-electron chi connectivity index (χ2n) is 6.60. The molecule has 0 saturated carbocycles. The second-order valence-corrected chi connectivity index (χ2v) is 8.45. The highest BCUT2D eigenvalue weighted by Gasteiger charge is 2.35. The van der Waals surface area contributed by atoms with Gasteiger partial charge in [0.05, 0.1) is 24.1 Å². The number of furan rings is 1. The third kappa shape index (κ3) is 4.35. The normalized spacial score (nSPS) is 15.0. The predicted molar refractivity (Wildman–Crippen MR) is 121 cm³/mol. The molecule has 0 aliphatic carbocycles. The van der Waals surface area contributed by atoms with Crippen LogP contribution in [-0.2, 0) is 16.1 Å². The monoisotopic (exact) mass is 497 g/mol. The number of esters is 1. The molecule has 0 unspecified atom stereocenters. The van der Waals surface area contributed by atoms with Gasteiger partial charge in [-0.25, -0.2) is 4.79 Å². The van der Waals surface area contributed by atoms with Crippen LogP contribution in [0.25, 0.3) is 17.4 Å². The van der Waals surface area contributed by atoms with Gasteiger partial charge >= 0.3 is 5.97 Å². The van der Waals surface area contributed by atoms with Crippen molar-refractivity contribution >= 4 is 50.9 Å². The predicted octanol–water partition coefficient (Wildman–Crippen LogP) is 5.73. The van der Waals surface area contributed by atoms with Crippen LogP contribution in [0, 0.1) is 0 Å². The molecule has 156 valence electrons. The number of ether oxygens (including phenoxy) is 1. The van der Waals surface area contributed by atoms with Gasteiger partial charge in [0.1, 0.15) is 11.5 Å². The molecule has 1 aliphatic heterocycles. The Balaban J connectivity index is 1.58. The summed E-state index contributed by atoms with van der Waals surface area (Å²) in [5.41, 5.74) is 1.79. The Bertz CT molecular complexity index is 1220. The third-order valence-electron chi connectivity index (χ3n) is 4.66. The van der Waals surface area contributed by atoms with Gasteiger partial charge in [-0.3, -0.25) is 14.5 Å². The number of imide groups is 1. The molecular formula is C23H16BrNO5S. The summed E-state index contributed by atoms with van der Waals surface area (Å²) < 4.78 is 11.5. The maximum Gasteiger partial charge on any atom is 0.338 e. The van der Waals surface area contributed by atoms with Gasteiger partial charge in [-0.05, 0) is 41.6 Å². The highest BCUT2D eigenvalue weighted by molar-refractivity contribution is 9.10. The van der Waals surface area contributed by atoms with E-state index in [1.807, 2.05) is 24.3 Å². The van der Waals surface area contributed by atoms with Crippen LogP contribution in [0.5, 0.6) is 0 Å². The highest BCUT2D eigenvalue weighted by atomic mass is 79.9. The number of amides is 2. The molecule has 0 bridgehead atoms. The minimum Gasteiger partial charge on any atom is -0.465 e. The Morgan fingerprint density at radius 2 is 1.84 bits per heavy atom. The van der Waals surface area contributed by atoms with E-state index in [0.717, 1.165) is 21.8 Å². The number of hydrogen-bond donors (Lipinski definition) is 0. The number of carbonyl (C=O) groups excluding carboxylic acids is 3. The Kier molecular flexibility index (Phi) is 6.11. The van der Waals surface area contributed by atoms with Crippen molar-refractivity contribution in [3.63, 3.8) is 0 Å². The lowest BCUT2D eigenvalue weighted by molar-refractivity contribution is -0.123. The molecule has 4 rings (SSSR count). The standard InChI is InChI=1S/C23H16BrNO5S/c1-29-22(27)17-8-4-3-7-16(17)19-11-10-15(30-19)12-20-21(26)25(23(28)31-20)13-14-6-2-5-9-18(14)24/h2-12H,13H2,1H3/b20-12-. The van der Waals surface area contributed by atoms with E-state index in [0.29, 0.717) is 22.6 Å². The van der Waals surface area contributed by atoms with Gasteiger partial charge in [-0.1, -0.05) is 52.3 Å². The summed E-state index contributed by atoms with van der Waals surface area (Å²) in [6, 6.07) is 17.8. The van der Waals surface area contributed by atoms with Gasteiger partial charge in [-0.15, -0.1) is 0 Å². The Morgan fingerprint density at radius 1 is 1.10 bits per heavy atom. The largest absolute Gasteiger partial charge is 0.465 e. The number of hydrogen-bond acceptors (Lipinski definition) is 6. The molecule has 1 saturated heterocycles. The number of carbonyl (C=O) groups is 3. The lowest BCUT2D eigenvalue weighted by Gasteiger charge is -2.13. The van der Waals surface area contributed by atoms with Crippen molar-refractivity contribution in [1.29, 1.82) is 0 Å². The lowest BCUT2D eigenvalue weighted by atomic mass is 10.1. The minimum atomic E-state index is -0.471.